The first-order chi connectivity index (χ1) is 17.5. The summed E-state index contributed by atoms with van der Waals surface area (Å²) in [5, 5.41) is 12.3. The number of nitrogens with one attached hydrogen (secondary N) is 1. The number of carbonyl (C=O) groups excluding carboxylic acids is 1. The molecule has 2 aromatic carbocycles. The van der Waals surface area contributed by atoms with Crippen LogP contribution in [0.5, 0.6) is 11.5 Å². The Bertz CT molecular complexity index is 942. The van der Waals surface area contributed by atoms with Crippen LogP contribution in [0.1, 0.15) is 44.6 Å². The summed E-state index contributed by atoms with van der Waals surface area (Å²) in [6.07, 6.45) is 5.43. The van der Waals surface area contributed by atoms with Gasteiger partial charge in [0.25, 0.3) is 0 Å². The maximum Gasteiger partial charge on any atom is 0.333 e. The van der Waals surface area contributed by atoms with E-state index in [0.29, 0.717) is 44.4 Å². The van der Waals surface area contributed by atoms with Gasteiger partial charge < -0.3 is 29.5 Å². The standard InChI is InChI=1S/C28H38N2O6/c1-3-35-26(27(31)32)19-21-9-13-25(14-10-21)36-18-17-30(20-22-7-5-4-6-8-22)28(33)29-23-11-15-24(34-2)16-12-23/h9-16,22,26H,3-8,17-20H2,1-2H3,(H,29,33)(H,31,32). The van der Waals surface area contributed by atoms with Crippen LogP contribution in [0.3, 0.4) is 0 Å². The third kappa shape index (κ3) is 8.75. The minimum absolute atomic E-state index is 0.139. The van der Waals surface area contributed by atoms with Crippen molar-refractivity contribution < 1.29 is 28.9 Å². The number of nitrogens with zero attached hydrogens (tertiary/aromatic N) is 1. The first-order valence-electron chi connectivity index (χ1n) is 12.7. The molecular weight excluding hydrogens is 460 g/mol. The molecule has 1 aliphatic rings. The van der Waals surface area contributed by atoms with E-state index in [1.54, 1.807) is 14.0 Å². The van der Waals surface area contributed by atoms with E-state index in [0.717, 1.165) is 29.8 Å². The average molecular weight is 499 g/mol. The molecule has 8 heteroatoms. The lowest BCUT2D eigenvalue weighted by Gasteiger charge is -2.30. The van der Waals surface area contributed by atoms with E-state index in [1.807, 2.05) is 53.4 Å². The Kier molecular flexibility index (Phi) is 10.9. The van der Waals surface area contributed by atoms with Gasteiger partial charge in [-0.15, -0.1) is 0 Å². The first-order valence-corrected chi connectivity index (χ1v) is 12.7. The van der Waals surface area contributed by atoms with Crippen LogP contribution in [0.25, 0.3) is 0 Å². The normalized spacial score (nSPS) is 14.6. The SMILES string of the molecule is CCOC(Cc1ccc(OCCN(CC2CCCCC2)C(=O)Nc2ccc(OC)cc2)cc1)C(=O)O. The highest BCUT2D eigenvalue weighted by atomic mass is 16.5. The highest BCUT2D eigenvalue weighted by Crippen LogP contribution is 2.25. The van der Waals surface area contributed by atoms with E-state index < -0.39 is 12.1 Å². The zero-order valence-corrected chi connectivity index (χ0v) is 21.3. The van der Waals surface area contributed by atoms with Crippen LogP contribution in [0.4, 0.5) is 10.5 Å². The van der Waals surface area contributed by atoms with Gasteiger partial charge >= 0.3 is 12.0 Å². The fraction of sp³-hybridized carbons (Fsp3) is 0.500. The van der Waals surface area contributed by atoms with Crippen molar-refractivity contribution in [1.82, 2.24) is 4.90 Å². The van der Waals surface area contributed by atoms with E-state index in [-0.39, 0.29) is 6.03 Å². The van der Waals surface area contributed by atoms with E-state index >= 15 is 0 Å². The third-order valence-corrected chi connectivity index (χ3v) is 6.45. The number of ether oxygens (including phenoxy) is 3. The first kappa shape index (κ1) is 27.3. The topological polar surface area (TPSA) is 97.3 Å². The predicted molar refractivity (Wildman–Crippen MR) is 139 cm³/mol. The summed E-state index contributed by atoms with van der Waals surface area (Å²) >= 11 is 0. The number of carboxylic acid groups (broad SMARTS) is 1. The summed E-state index contributed by atoms with van der Waals surface area (Å²) in [5.41, 5.74) is 1.58. The minimum atomic E-state index is -0.969. The van der Waals surface area contributed by atoms with Crippen molar-refractivity contribution in [3.63, 3.8) is 0 Å². The number of hydrogen-bond donors (Lipinski definition) is 2. The number of urea groups is 1. The molecule has 0 radical (unpaired) electrons. The fourth-order valence-corrected chi connectivity index (χ4v) is 4.46. The molecule has 0 saturated heterocycles. The predicted octanol–water partition coefficient (Wildman–Crippen LogP) is 5.22. The molecule has 1 aliphatic carbocycles. The van der Waals surface area contributed by atoms with Gasteiger partial charge in [-0.3, -0.25) is 0 Å². The number of anilines is 1. The molecular formula is C28H38N2O6. The number of hydrogen-bond acceptors (Lipinski definition) is 5. The van der Waals surface area contributed by atoms with Crippen LogP contribution in [0.2, 0.25) is 0 Å². The summed E-state index contributed by atoms with van der Waals surface area (Å²) in [6, 6.07) is 14.5. The molecule has 1 unspecified atom stereocenters. The zero-order chi connectivity index (χ0) is 25.8. The lowest BCUT2D eigenvalue weighted by Crippen LogP contribution is -2.41. The van der Waals surface area contributed by atoms with Crippen molar-refractivity contribution in [2.45, 2.75) is 51.6 Å². The van der Waals surface area contributed by atoms with Crippen molar-refractivity contribution >= 4 is 17.7 Å². The highest BCUT2D eigenvalue weighted by Gasteiger charge is 2.21. The van der Waals surface area contributed by atoms with Gasteiger partial charge in [-0.1, -0.05) is 31.4 Å². The molecule has 0 bridgehead atoms. The van der Waals surface area contributed by atoms with Gasteiger partial charge in [0.1, 0.15) is 18.1 Å². The molecule has 0 aliphatic heterocycles. The van der Waals surface area contributed by atoms with Crippen molar-refractivity contribution in [2.24, 2.45) is 5.92 Å². The summed E-state index contributed by atoms with van der Waals surface area (Å²) < 4.78 is 16.4. The second-order valence-corrected chi connectivity index (χ2v) is 9.09. The van der Waals surface area contributed by atoms with Crippen LogP contribution >= 0.6 is 0 Å². The highest BCUT2D eigenvalue weighted by molar-refractivity contribution is 5.89. The fourth-order valence-electron chi connectivity index (χ4n) is 4.46. The molecule has 1 saturated carbocycles. The maximum atomic E-state index is 13.1. The Balaban J connectivity index is 1.55. The van der Waals surface area contributed by atoms with Crippen LogP contribution in [0.15, 0.2) is 48.5 Å². The molecule has 2 N–H and O–H groups in total. The van der Waals surface area contributed by atoms with Crippen LogP contribution < -0.4 is 14.8 Å². The van der Waals surface area contributed by atoms with Gasteiger partial charge in [0.15, 0.2) is 6.10 Å². The largest absolute Gasteiger partial charge is 0.497 e. The van der Waals surface area contributed by atoms with Crippen LogP contribution in [-0.2, 0) is 16.0 Å². The quantitative estimate of drug-likeness (QED) is 0.393. The van der Waals surface area contributed by atoms with E-state index in [2.05, 4.69) is 5.32 Å². The summed E-state index contributed by atoms with van der Waals surface area (Å²) in [7, 11) is 1.61. The van der Waals surface area contributed by atoms with Crippen molar-refractivity contribution in [1.29, 1.82) is 0 Å². The van der Waals surface area contributed by atoms with Gasteiger partial charge in [0, 0.05) is 25.3 Å². The van der Waals surface area contributed by atoms with Gasteiger partial charge in [-0.05, 0) is 67.6 Å². The summed E-state index contributed by atoms with van der Waals surface area (Å²) in [5.74, 6) is 0.952. The minimum Gasteiger partial charge on any atom is -0.497 e. The number of amides is 2. The Morgan fingerprint density at radius 3 is 2.31 bits per heavy atom. The molecule has 3 rings (SSSR count). The number of aliphatic carboxylic acids is 1. The van der Waals surface area contributed by atoms with Crippen molar-refractivity contribution in [3.8, 4) is 11.5 Å². The van der Waals surface area contributed by atoms with Gasteiger partial charge in [0.2, 0.25) is 0 Å². The van der Waals surface area contributed by atoms with E-state index in [4.69, 9.17) is 14.2 Å². The zero-order valence-electron chi connectivity index (χ0n) is 21.3. The van der Waals surface area contributed by atoms with Crippen molar-refractivity contribution in [2.75, 3.05) is 38.7 Å². The number of rotatable bonds is 13. The second-order valence-electron chi connectivity index (χ2n) is 9.09. The third-order valence-electron chi connectivity index (χ3n) is 6.45. The number of carbonyl (C=O) groups is 2. The average Bonchev–Trinajstić information content (AvgIpc) is 2.89. The summed E-state index contributed by atoms with van der Waals surface area (Å²) in [4.78, 5) is 26.3. The molecule has 36 heavy (non-hydrogen) atoms. The molecule has 2 amide bonds. The second kappa shape index (κ2) is 14.3. The maximum absolute atomic E-state index is 13.1. The monoisotopic (exact) mass is 498 g/mol. The Hall–Kier alpha value is -3.26. The smallest absolute Gasteiger partial charge is 0.333 e. The molecule has 196 valence electrons. The Morgan fingerprint density at radius 2 is 1.69 bits per heavy atom. The van der Waals surface area contributed by atoms with Gasteiger partial charge in [-0.2, -0.15) is 0 Å². The van der Waals surface area contributed by atoms with Crippen LogP contribution in [0, 0.1) is 5.92 Å². The number of carboxylic acids is 1. The molecule has 1 fully saturated rings. The van der Waals surface area contributed by atoms with Gasteiger partial charge in [-0.25, -0.2) is 9.59 Å². The molecule has 8 nitrogen and oxygen atoms in total. The molecule has 0 spiro atoms. The van der Waals surface area contributed by atoms with Gasteiger partial charge in [0.05, 0.1) is 13.7 Å². The number of benzene rings is 2. The molecule has 0 heterocycles. The van der Waals surface area contributed by atoms with E-state index in [9.17, 15) is 14.7 Å². The van der Waals surface area contributed by atoms with Crippen molar-refractivity contribution in [3.05, 3.63) is 54.1 Å². The Labute approximate surface area is 213 Å². The number of methoxy groups -OCH3 is 1. The molecule has 2 aromatic rings. The molecule has 1 atom stereocenters. The summed E-state index contributed by atoms with van der Waals surface area (Å²) in [6.45, 7) is 3.66. The Morgan fingerprint density at radius 1 is 1.03 bits per heavy atom. The van der Waals surface area contributed by atoms with E-state index in [1.165, 1.54) is 19.3 Å². The lowest BCUT2D eigenvalue weighted by atomic mass is 9.89. The molecule has 0 aromatic heterocycles. The lowest BCUT2D eigenvalue weighted by molar-refractivity contribution is -0.149. The van der Waals surface area contributed by atoms with Crippen LogP contribution in [-0.4, -0.2) is 61.5 Å².